The van der Waals surface area contributed by atoms with E-state index in [0.717, 1.165) is 50.9 Å². The van der Waals surface area contributed by atoms with E-state index < -0.39 is 0 Å². The summed E-state index contributed by atoms with van der Waals surface area (Å²) in [5.74, 6) is 1.19. The Morgan fingerprint density at radius 1 is 0.562 bits per heavy atom. The van der Waals surface area contributed by atoms with Gasteiger partial charge in [0, 0.05) is 11.1 Å². The minimum absolute atomic E-state index is 0.00807. The van der Waals surface area contributed by atoms with E-state index >= 15 is 0 Å². The van der Waals surface area contributed by atoms with Gasteiger partial charge in [0.15, 0.2) is 11.5 Å². The minimum Gasteiger partial charge on any atom is -0.504 e. The third-order valence-electron chi connectivity index (χ3n) is 9.40. The molecule has 0 saturated carbocycles. The maximum atomic E-state index is 10.7. The third-order valence-corrected chi connectivity index (χ3v) is 9.40. The molecule has 2 N–H and O–H groups in total. The summed E-state index contributed by atoms with van der Waals surface area (Å²) in [4.78, 5) is 0. The van der Waals surface area contributed by atoms with E-state index in [1.807, 2.05) is 0 Å². The Morgan fingerprint density at radius 3 is 1.42 bits per heavy atom. The van der Waals surface area contributed by atoms with Gasteiger partial charge in [-0.25, -0.2) is 0 Å². The number of phenolic OH excluding ortho intramolecular Hbond substituents is 2. The van der Waals surface area contributed by atoms with Crippen LogP contribution in [0.1, 0.15) is 150 Å². The third kappa shape index (κ3) is 17.3. The van der Waals surface area contributed by atoms with Crippen LogP contribution in [-0.2, 0) is 6.42 Å². The molecule has 4 nitrogen and oxygen atoms in total. The predicted molar refractivity (Wildman–Crippen MR) is 209 cm³/mol. The molecule has 0 aliphatic carbocycles. The SMILES string of the molecule is COc1c(O)c(C)c(C/C=C(\C)CC/C=C(\C)CC/C=C(\C)CC/C=C(\C)CC/C=C(/C)CCCC(C)CCC=C(C)C)c(O)c1OC. The fraction of sp³-hybridized carbons (Fsp3) is 0.591. The van der Waals surface area contributed by atoms with Gasteiger partial charge in [-0.1, -0.05) is 83.2 Å². The second kappa shape index (κ2) is 24.1. The van der Waals surface area contributed by atoms with Crippen LogP contribution in [0.4, 0.5) is 0 Å². The van der Waals surface area contributed by atoms with Crippen molar-refractivity contribution in [3.8, 4) is 23.0 Å². The first kappa shape index (κ1) is 42.9. The summed E-state index contributed by atoms with van der Waals surface area (Å²) in [5.41, 5.74) is 9.93. The molecule has 0 saturated heterocycles. The zero-order valence-corrected chi connectivity index (χ0v) is 32.7. The first-order valence-electron chi connectivity index (χ1n) is 18.4. The van der Waals surface area contributed by atoms with Crippen molar-refractivity contribution < 1.29 is 19.7 Å². The van der Waals surface area contributed by atoms with E-state index in [1.165, 1.54) is 80.6 Å². The van der Waals surface area contributed by atoms with Gasteiger partial charge in [-0.3, -0.25) is 0 Å². The molecule has 0 radical (unpaired) electrons. The highest BCUT2D eigenvalue weighted by Crippen LogP contribution is 2.48. The maximum Gasteiger partial charge on any atom is 0.207 e. The van der Waals surface area contributed by atoms with Crippen molar-refractivity contribution >= 4 is 0 Å². The van der Waals surface area contributed by atoms with Crippen molar-refractivity contribution in [1.82, 2.24) is 0 Å². The first-order valence-corrected chi connectivity index (χ1v) is 18.4. The molecule has 4 heteroatoms. The molecule has 0 bridgehead atoms. The van der Waals surface area contributed by atoms with Gasteiger partial charge >= 0.3 is 0 Å². The van der Waals surface area contributed by atoms with Crippen LogP contribution in [0.3, 0.4) is 0 Å². The van der Waals surface area contributed by atoms with E-state index in [4.69, 9.17) is 9.47 Å². The normalized spacial score (nSPS) is 13.9. The van der Waals surface area contributed by atoms with Crippen LogP contribution in [0.5, 0.6) is 23.0 Å². The lowest BCUT2D eigenvalue weighted by molar-refractivity contribution is 0.314. The molecular formula is C44H70O4. The summed E-state index contributed by atoms with van der Waals surface area (Å²) in [5, 5.41) is 21.2. The van der Waals surface area contributed by atoms with Gasteiger partial charge in [-0.15, -0.1) is 0 Å². The number of ether oxygens (including phenoxy) is 2. The van der Waals surface area contributed by atoms with Crippen LogP contribution in [0.25, 0.3) is 0 Å². The Morgan fingerprint density at radius 2 is 0.979 bits per heavy atom. The van der Waals surface area contributed by atoms with Crippen molar-refractivity contribution in [3.05, 3.63) is 81.0 Å². The average Bonchev–Trinajstić information content (AvgIpc) is 3.02. The monoisotopic (exact) mass is 663 g/mol. The number of aromatic hydroxyl groups is 2. The molecule has 1 rings (SSSR count). The second-order valence-corrected chi connectivity index (χ2v) is 14.3. The highest BCUT2D eigenvalue weighted by Gasteiger charge is 2.22. The second-order valence-electron chi connectivity index (χ2n) is 14.3. The predicted octanol–water partition coefficient (Wildman–Crippen LogP) is 13.4. The van der Waals surface area contributed by atoms with Gasteiger partial charge in [-0.2, -0.15) is 0 Å². The summed E-state index contributed by atoms with van der Waals surface area (Å²) < 4.78 is 10.5. The molecule has 1 aromatic carbocycles. The first-order chi connectivity index (χ1) is 22.8. The molecule has 0 amide bonds. The number of methoxy groups -OCH3 is 2. The van der Waals surface area contributed by atoms with Gasteiger partial charge in [0.1, 0.15) is 0 Å². The fourth-order valence-electron chi connectivity index (χ4n) is 5.97. The Labute approximate surface area is 295 Å². The van der Waals surface area contributed by atoms with Gasteiger partial charge in [0.05, 0.1) is 14.2 Å². The van der Waals surface area contributed by atoms with Gasteiger partial charge < -0.3 is 19.7 Å². The lowest BCUT2D eigenvalue weighted by Gasteiger charge is -2.17. The molecule has 1 aromatic rings. The largest absolute Gasteiger partial charge is 0.504 e. The molecule has 0 heterocycles. The fourth-order valence-corrected chi connectivity index (χ4v) is 5.97. The standard InChI is InChI=1S/C44H70O4/c1-32(2)18-12-19-33(3)20-13-21-34(4)22-14-23-35(5)24-15-25-36(6)26-16-27-37(7)28-17-29-38(8)30-31-40-39(9)41(45)43(47-10)44(48-11)42(40)46/h18,22,24,26,28,30,33,45-46H,12-17,19-21,23,25,27,29,31H2,1-11H3/b34-22-,35-24+,36-26+,37-28+,38-30+. The summed E-state index contributed by atoms with van der Waals surface area (Å²) in [7, 11) is 2.91. The Hall–Kier alpha value is -3.14. The Kier molecular flexibility index (Phi) is 21.5. The van der Waals surface area contributed by atoms with Gasteiger partial charge in [0.2, 0.25) is 11.5 Å². The number of hydrogen-bond donors (Lipinski definition) is 2. The summed E-state index contributed by atoms with van der Waals surface area (Å²) >= 11 is 0. The molecule has 0 aliphatic rings. The summed E-state index contributed by atoms with van der Waals surface area (Å²) in [6.45, 7) is 19.8. The number of allylic oxidation sites excluding steroid dienone is 12. The lowest BCUT2D eigenvalue weighted by atomic mass is 9.96. The minimum atomic E-state index is 0.00807. The molecule has 48 heavy (non-hydrogen) atoms. The van der Waals surface area contributed by atoms with Gasteiger partial charge in [0.25, 0.3) is 0 Å². The van der Waals surface area contributed by atoms with Crippen LogP contribution in [0.15, 0.2) is 69.9 Å². The van der Waals surface area contributed by atoms with E-state index in [9.17, 15) is 10.2 Å². The molecule has 270 valence electrons. The smallest absolute Gasteiger partial charge is 0.207 e. The number of hydrogen-bond acceptors (Lipinski definition) is 4. The van der Waals surface area contributed by atoms with E-state index in [0.29, 0.717) is 17.5 Å². The van der Waals surface area contributed by atoms with Crippen molar-refractivity contribution in [2.24, 2.45) is 5.92 Å². The topological polar surface area (TPSA) is 58.9 Å². The number of phenols is 2. The van der Waals surface area contributed by atoms with Crippen LogP contribution in [-0.4, -0.2) is 24.4 Å². The van der Waals surface area contributed by atoms with Crippen molar-refractivity contribution in [2.75, 3.05) is 14.2 Å². The van der Waals surface area contributed by atoms with Crippen LogP contribution >= 0.6 is 0 Å². The molecule has 0 spiro atoms. The quantitative estimate of drug-likeness (QED) is 0.0904. The molecular weight excluding hydrogens is 592 g/mol. The summed E-state index contributed by atoms with van der Waals surface area (Å²) in [6, 6.07) is 0. The Bertz CT molecular complexity index is 1300. The van der Waals surface area contributed by atoms with Crippen molar-refractivity contribution in [1.29, 1.82) is 0 Å². The molecule has 1 atom stereocenters. The van der Waals surface area contributed by atoms with E-state index in [-0.39, 0.29) is 23.0 Å². The maximum absolute atomic E-state index is 10.7. The van der Waals surface area contributed by atoms with Crippen molar-refractivity contribution in [2.45, 2.75) is 152 Å². The molecule has 0 fully saturated rings. The highest BCUT2D eigenvalue weighted by molar-refractivity contribution is 5.66. The van der Waals surface area contributed by atoms with Crippen LogP contribution in [0.2, 0.25) is 0 Å². The lowest BCUT2D eigenvalue weighted by Crippen LogP contribution is -1.98. The average molecular weight is 663 g/mol. The van der Waals surface area contributed by atoms with Crippen LogP contribution in [0, 0.1) is 12.8 Å². The van der Waals surface area contributed by atoms with E-state index in [2.05, 4.69) is 91.8 Å². The Balaban J connectivity index is 2.37. The van der Waals surface area contributed by atoms with Gasteiger partial charge in [-0.05, 0) is 145 Å². The number of rotatable bonds is 23. The zero-order valence-electron chi connectivity index (χ0n) is 32.7. The molecule has 0 aliphatic heterocycles. The summed E-state index contributed by atoms with van der Waals surface area (Å²) in [6.07, 6.45) is 29.8. The molecule has 1 unspecified atom stereocenters. The number of benzene rings is 1. The van der Waals surface area contributed by atoms with Crippen LogP contribution < -0.4 is 9.47 Å². The zero-order chi connectivity index (χ0) is 36.1. The van der Waals surface area contributed by atoms with Crippen molar-refractivity contribution in [3.63, 3.8) is 0 Å². The molecule has 0 aromatic heterocycles. The highest BCUT2D eigenvalue weighted by atomic mass is 16.5. The van der Waals surface area contributed by atoms with E-state index in [1.54, 1.807) is 12.5 Å².